The second-order valence-electron chi connectivity index (χ2n) is 3.34. The fraction of sp³-hybridized carbons (Fsp3) is 0.182. The van der Waals surface area contributed by atoms with Gasteiger partial charge in [-0.15, -0.1) is 11.8 Å². The van der Waals surface area contributed by atoms with Gasteiger partial charge in [-0.3, -0.25) is 4.79 Å². The third-order valence-electron chi connectivity index (χ3n) is 2.45. The van der Waals surface area contributed by atoms with Crippen LogP contribution in [0, 0.1) is 18.3 Å². The monoisotopic (exact) mass is 231 g/mol. The SMILES string of the molecule is CSc1cc2c(C)c(C#N)c(=O)[nH]c2cn1. The van der Waals surface area contributed by atoms with Gasteiger partial charge in [0.2, 0.25) is 0 Å². The molecule has 0 aliphatic heterocycles. The molecule has 0 spiro atoms. The van der Waals surface area contributed by atoms with E-state index < -0.39 is 0 Å². The summed E-state index contributed by atoms with van der Waals surface area (Å²) in [5, 5.41) is 10.6. The molecule has 0 aliphatic carbocycles. The number of nitrogens with zero attached hydrogens (tertiary/aromatic N) is 2. The average Bonchev–Trinajstić information content (AvgIpc) is 2.29. The molecule has 1 N–H and O–H groups in total. The Morgan fingerprint density at radius 3 is 2.94 bits per heavy atom. The molecular formula is C11H9N3OS. The van der Waals surface area contributed by atoms with Crippen molar-refractivity contribution < 1.29 is 0 Å². The highest BCUT2D eigenvalue weighted by molar-refractivity contribution is 7.98. The topological polar surface area (TPSA) is 69.5 Å². The van der Waals surface area contributed by atoms with Crippen molar-refractivity contribution in [3.05, 3.63) is 33.7 Å². The predicted molar refractivity (Wildman–Crippen MR) is 63.6 cm³/mol. The van der Waals surface area contributed by atoms with E-state index in [1.807, 2.05) is 18.4 Å². The Morgan fingerprint density at radius 1 is 1.56 bits per heavy atom. The van der Waals surface area contributed by atoms with Gasteiger partial charge in [0.25, 0.3) is 5.56 Å². The number of aryl methyl sites for hydroxylation is 1. The van der Waals surface area contributed by atoms with Crippen LogP contribution in [0.4, 0.5) is 0 Å². The normalized spacial score (nSPS) is 10.3. The number of H-pyrrole nitrogens is 1. The Kier molecular flexibility index (Phi) is 2.67. The lowest BCUT2D eigenvalue weighted by molar-refractivity contribution is 1.13. The minimum atomic E-state index is -0.355. The van der Waals surface area contributed by atoms with Crippen LogP contribution in [0.2, 0.25) is 0 Å². The number of fused-ring (bicyclic) bond motifs is 1. The number of hydrogen-bond donors (Lipinski definition) is 1. The zero-order chi connectivity index (χ0) is 11.7. The molecule has 2 heterocycles. The number of pyridine rings is 2. The predicted octanol–water partition coefficient (Wildman–Crippen LogP) is 1.83. The molecule has 0 aliphatic rings. The van der Waals surface area contributed by atoms with E-state index in [2.05, 4.69) is 9.97 Å². The quantitative estimate of drug-likeness (QED) is 0.760. The summed E-state index contributed by atoms with van der Waals surface area (Å²) in [4.78, 5) is 18.4. The maximum Gasteiger partial charge on any atom is 0.266 e. The van der Waals surface area contributed by atoms with Gasteiger partial charge in [-0.1, -0.05) is 0 Å². The molecule has 0 aromatic carbocycles. The number of aromatic nitrogens is 2. The van der Waals surface area contributed by atoms with E-state index in [0.717, 1.165) is 10.4 Å². The van der Waals surface area contributed by atoms with Gasteiger partial charge in [0.15, 0.2) is 0 Å². The molecule has 0 saturated heterocycles. The molecule has 0 amide bonds. The summed E-state index contributed by atoms with van der Waals surface area (Å²) in [6, 6.07) is 3.80. The van der Waals surface area contributed by atoms with Crippen LogP contribution in [-0.2, 0) is 0 Å². The number of rotatable bonds is 1. The molecule has 0 radical (unpaired) electrons. The van der Waals surface area contributed by atoms with E-state index in [1.165, 1.54) is 11.8 Å². The highest BCUT2D eigenvalue weighted by Crippen LogP contribution is 2.21. The molecule has 0 saturated carbocycles. The van der Waals surface area contributed by atoms with Gasteiger partial charge in [-0.2, -0.15) is 5.26 Å². The molecule has 0 fully saturated rings. The lowest BCUT2D eigenvalue weighted by Gasteiger charge is -2.04. The first-order valence-corrected chi connectivity index (χ1v) is 5.86. The van der Waals surface area contributed by atoms with Gasteiger partial charge in [-0.05, 0) is 24.8 Å². The minimum Gasteiger partial charge on any atom is -0.319 e. The Hall–Kier alpha value is -1.80. The second kappa shape index (κ2) is 3.99. The average molecular weight is 231 g/mol. The number of nitriles is 1. The van der Waals surface area contributed by atoms with Crippen LogP contribution < -0.4 is 5.56 Å². The molecule has 16 heavy (non-hydrogen) atoms. The summed E-state index contributed by atoms with van der Waals surface area (Å²) >= 11 is 1.52. The zero-order valence-corrected chi connectivity index (χ0v) is 9.68. The van der Waals surface area contributed by atoms with E-state index in [1.54, 1.807) is 13.1 Å². The fourth-order valence-corrected chi connectivity index (χ4v) is 1.98. The summed E-state index contributed by atoms with van der Waals surface area (Å²) in [6.07, 6.45) is 3.55. The number of hydrogen-bond acceptors (Lipinski definition) is 4. The highest BCUT2D eigenvalue weighted by atomic mass is 32.2. The molecular weight excluding hydrogens is 222 g/mol. The molecule has 0 unspecified atom stereocenters. The standard InChI is InChI=1S/C11H9N3OS/c1-6-7-3-10(16-2)13-5-9(7)14-11(15)8(6)4-12/h3,5H,1-2H3,(H,14,15). The van der Waals surface area contributed by atoms with E-state index in [-0.39, 0.29) is 11.1 Å². The Morgan fingerprint density at radius 2 is 2.31 bits per heavy atom. The van der Waals surface area contributed by atoms with Gasteiger partial charge in [0, 0.05) is 5.39 Å². The minimum absolute atomic E-state index is 0.172. The Balaban J connectivity index is 2.90. The first-order valence-electron chi connectivity index (χ1n) is 4.64. The van der Waals surface area contributed by atoms with E-state index in [9.17, 15) is 4.79 Å². The van der Waals surface area contributed by atoms with Gasteiger partial charge in [-0.25, -0.2) is 4.98 Å². The molecule has 0 bridgehead atoms. The molecule has 5 heteroatoms. The van der Waals surface area contributed by atoms with Crippen LogP contribution in [-0.4, -0.2) is 16.2 Å². The zero-order valence-electron chi connectivity index (χ0n) is 8.87. The van der Waals surface area contributed by atoms with Crippen LogP contribution in [0.5, 0.6) is 0 Å². The van der Waals surface area contributed by atoms with Gasteiger partial charge < -0.3 is 4.98 Å². The number of thioether (sulfide) groups is 1. The number of nitrogens with one attached hydrogen (secondary N) is 1. The third kappa shape index (κ3) is 1.57. The van der Waals surface area contributed by atoms with Crippen molar-refractivity contribution in [2.24, 2.45) is 0 Å². The van der Waals surface area contributed by atoms with Crippen LogP contribution in [0.15, 0.2) is 22.1 Å². The largest absolute Gasteiger partial charge is 0.319 e. The lowest BCUT2D eigenvalue weighted by Crippen LogP contribution is -2.12. The van der Waals surface area contributed by atoms with Crippen LogP contribution >= 0.6 is 11.8 Å². The summed E-state index contributed by atoms with van der Waals surface area (Å²) in [7, 11) is 0. The molecule has 80 valence electrons. The van der Waals surface area contributed by atoms with E-state index in [0.29, 0.717) is 11.1 Å². The molecule has 2 aromatic heterocycles. The Bertz CT molecular complexity index is 655. The molecule has 2 aromatic rings. The van der Waals surface area contributed by atoms with Crippen LogP contribution in [0.3, 0.4) is 0 Å². The van der Waals surface area contributed by atoms with Gasteiger partial charge in [0.1, 0.15) is 11.6 Å². The summed E-state index contributed by atoms with van der Waals surface area (Å²) < 4.78 is 0. The van der Waals surface area contributed by atoms with Crippen molar-refractivity contribution in [2.75, 3.05) is 6.26 Å². The van der Waals surface area contributed by atoms with Crippen LogP contribution in [0.1, 0.15) is 11.1 Å². The first-order chi connectivity index (χ1) is 7.67. The fourth-order valence-electron chi connectivity index (χ4n) is 1.58. The maximum absolute atomic E-state index is 11.5. The van der Waals surface area contributed by atoms with Crippen molar-refractivity contribution in [3.63, 3.8) is 0 Å². The van der Waals surface area contributed by atoms with Crippen molar-refractivity contribution >= 4 is 22.7 Å². The lowest BCUT2D eigenvalue weighted by atomic mass is 10.1. The third-order valence-corrected chi connectivity index (χ3v) is 3.10. The van der Waals surface area contributed by atoms with Gasteiger partial charge >= 0.3 is 0 Å². The maximum atomic E-state index is 11.5. The van der Waals surface area contributed by atoms with Crippen molar-refractivity contribution in [3.8, 4) is 6.07 Å². The highest BCUT2D eigenvalue weighted by Gasteiger charge is 2.09. The second-order valence-corrected chi connectivity index (χ2v) is 4.16. The molecule has 0 atom stereocenters. The first kappa shape index (κ1) is 10.7. The van der Waals surface area contributed by atoms with E-state index >= 15 is 0 Å². The van der Waals surface area contributed by atoms with Crippen LogP contribution in [0.25, 0.3) is 10.9 Å². The summed E-state index contributed by atoms with van der Waals surface area (Å²) in [5.41, 5.74) is 1.19. The summed E-state index contributed by atoms with van der Waals surface area (Å²) in [5.74, 6) is 0. The summed E-state index contributed by atoms with van der Waals surface area (Å²) in [6.45, 7) is 1.78. The van der Waals surface area contributed by atoms with Crippen molar-refractivity contribution in [2.45, 2.75) is 11.9 Å². The van der Waals surface area contributed by atoms with Crippen molar-refractivity contribution in [1.29, 1.82) is 5.26 Å². The Labute approximate surface area is 96.3 Å². The van der Waals surface area contributed by atoms with Crippen molar-refractivity contribution in [1.82, 2.24) is 9.97 Å². The number of aromatic amines is 1. The van der Waals surface area contributed by atoms with E-state index in [4.69, 9.17) is 5.26 Å². The molecule has 2 rings (SSSR count). The molecule has 4 nitrogen and oxygen atoms in total. The smallest absolute Gasteiger partial charge is 0.266 e. The van der Waals surface area contributed by atoms with Gasteiger partial charge in [0.05, 0.1) is 16.7 Å².